The molecule has 2 N–H and O–H groups in total. The summed E-state index contributed by atoms with van der Waals surface area (Å²) in [4.78, 5) is 4.13. The summed E-state index contributed by atoms with van der Waals surface area (Å²) in [6.45, 7) is 5.75. The fraction of sp³-hybridized carbons (Fsp3) is 0.588. The molecular formula is C17H30IN3O4S. The molecule has 0 bridgehead atoms. The van der Waals surface area contributed by atoms with E-state index in [4.69, 9.17) is 9.47 Å². The predicted octanol–water partition coefficient (Wildman–Crippen LogP) is 1.61. The molecule has 1 aromatic rings. The monoisotopic (exact) mass is 499 g/mol. The molecule has 7 nitrogen and oxygen atoms in total. The maximum Gasteiger partial charge on any atom is 0.191 e. The molecule has 1 aromatic carbocycles. The summed E-state index contributed by atoms with van der Waals surface area (Å²) in [5.41, 5.74) is 1.10. The fourth-order valence-corrected chi connectivity index (χ4v) is 2.38. The van der Waals surface area contributed by atoms with Crippen LogP contribution in [0.25, 0.3) is 0 Å². The quantitative estimate of drug-likeness (QED) is 0.220. The van der Waals surface area contributed by atoms with Gasteiger partial charge < -0.3 is 20.1 Å². The molecule has 9 heteroatoms. The Bertz CT molecular complexity index is 653. The average molecular weight is 499 g/mol. The van der Waals surface area contributed by atoms with E-state index < -0.39 is 9.84 Å². The van der Waals surface area contributed by atoms with Crippen molar-refractivity contribution < 1.29 is 17.9 Å². The molecular weight excluding hydrogens is 469 g/mol. The number of ether oxygens (including phenoxy) is 2. The minimum Gasteiger partial charge on any atom is -0.489 e. The van der Waals surface area contributed by atoms with Crippen molar-refractivity contribution in [2.24, 2.45) is 4.99 Å². The van der Waals surface area contributed by atoms with E-state index in [2.05, 4.69) is 15.6 Å². The van der Waals surface area contributed by atoms with Crippen molar-refractivity contribution >= 4 is 39.8 Å². The van der Waals surface area contributed by atoms with Crippen LogP contribution in [-0.2, 0) is 14.6 Å². The normalized spacial score (nSPS) is 12.8. The predicted molar refractivity (Wildman–Crippen MR) is 117 cm³/mol. The van der Waals surface area contributed by atoms with Gasteiger partial charge in [0.25, 0.3) is 0 Å². The van der Waals surface area contributed by atoms with Gasteiger partial charge in [0.1, 0.15) is 21.7 Å². The number of aryl methyl sites for hydroxylation is 1. The van der Waals surface area contributed by atoms with Gasteiger partial charge in [-0.2, -0.15) is 0 Å². The van der Waals surface area contributed by atoms with Crippen LogP contribution in [0.5, 0.6) is 5.75 Å². The number of hydrogen-bond acceptors (Lipinski definition) is 5. The summed E-state index contributed by atoms with van der Waals surface area (Å²) in [6.07, 6.45) is 1.17. The van der Waals surface area contributed by atoms with E-state index in [0.29, 0.717) is 25.7 Å². The fourth-order valence-electron chi connectivity index (χ4n) is 1.96. The van der Waals surface area contributed by atoms with Crippen LogP contribution in [-0.4, -0.2) is 65.8 Å². The molecule has 0 aliphatic rings. The SMILES string of the molecule is CN=C(NCCOCCS(C)(=O)=O)NCC(C)Oc1ccccc1C.I. The highest BCUT2D eigenvalue weighted by molar-refractivity contribution is 14.0. The molecule has 1 rings (SSSR count). The molecule has 0 saturated carbocycles. The Kier molecular flexibility index (Phi) is 12.6. The molecule has 0 aliphatic carbocycles. The van der Waals surface area contributed by atoms with Crippen molar-refractivity contribution in [3.63, 3.8) is 0 Å². The Labute approximate surface area is 173 Å². The van der Waals surface area contributed by atoms with Gasteiger partial charge >= 0.3 is 0 Å². The second-order valence-corrected chi connectivity index (χ2v) is 8.08. The number of aliphatic imine (C=N–C) groups is 1. The molecule has 150 valence electrons. The first kappa shape index (κ1) is 24.9. The zero-order chi connectivity index (χ0) is 18.7. The lowest BCUT2D eigenvalue weighted by Crippen LogP contribution is -2.43. The number of benzene rings is 1. The third-order valence-corrected chi connectivity index (χ3v) is 4.25. The number of nitrogens with one attached hydrogen (secondary N) is 2. The first-order valence-electron chi connectivity index (χ1n) is 8.24. The highest BCUT2D eigenvalue weighted by atomic mass is 127. The number of sulfone groups is 1. The van der Waals surface area contributed by atoms with E-state index in [1.807, 2.05) is 38.1 Å². The maximum absolute atomic E-state index is 11.0. The topological polar surface area (TPSA) is 89.0 Å². The van der Waals surface area contributed by atoms with Crippen LogP contribution < -0.4 is 15.4 Å². The molecule has 0 radical (unpaired) electrons. The second kappa shape index (κ2) is 13.2. The van der Waals surface area contributed by atoms with Crippen LogP contribution in [0.15, 0.2) is 29.3 Å². The van der Waals surface area contributed by atoms with E-state index in [1.165, 1.54) is 6.26 Å². The van der Waals surface area contributed by atoms with Crippen molar-refractivity contribution in [2.75, 3.05) is 45.4 Å². The lowest BCUT2D eigenvalue weighted by atomic mass is 10.2. The third kappa shape index (κ3) is 11.5. The summed E-state index contributed by atoms with van der Waals surface area (Å²) >= 11 is 0. The number of hydrogen-bond donors (Lipinski definition) is 2. The second-order valence-electron chi connectivity index (χ2n) is 5.82. The summed E-state index contributed by atoms with van der Waals surface area (Å²) in [6, 6.07) is 7.90. The van der Waals surface area contributed by atoms with E-state index in [9.17, 15) is 8.42 Å². The summed E-state index contributed by atoms with van der Waals surface area (Å²) < 4.78 is 33.1. The molecule has 0 heterocycles. The minimum atomic E-state index is -2.97. The van der Waals surface area contributed by atoms with Crippen LogP contribution in [0.3, 0.4) is 0 Å². The first-order chi connectivity index (χ1) is 11.8. The summed E-state index contributed by atoms with van der Waals surface area (Å²) in [7, 11) is -1.29. The molecule has 0 spiro atoms. The summed E-state index contributed by atoms with van der Waals surface area (Å²) in [5.74, 6) is 1.55. The Morgan fingerprint density at radius 3 is 2.54 bits per heavy atom. The van der Waals surface area contributed by atoms with E-state index in [1.54, 1.807) is 7.05 Å². The smallest absolute Gasteiger partial charge is 0.191 e. The molecule has 1 atom stereocenters. The van der Waals surface area contributed by atoms with Gasteiger partial charge in [-0.3, -0.25) is 4.99 Å². The van der Waals surface area contributed by atoms with Crippen LogP contribution in [0.2, 0.25) is 0 Å². The van der Waals surface area contributed by atoms with Crippen molar-refractivity contribution in [3.8, 4) is 5.75 Å². The van der Waals surface area contributed by atoms with E-state index in [-0.39, 0.29) is 42.4 Å². The standard InChI is InChI=1S/C17H29N3O4S.HI/c1-14-7-5-6-8-16(14)24-15(2)13-20-17(18-3)19-9-10-23-11-12-25(4,21)22;/h5-8,15H,9-13H2,1-4H3,(H2,18,19,20);1H. The van der Waals surface area contributed by atoms with E-state index >= 15 is 0 Å². The number of para-hydroxylation sites is 1. The van der Waals surface area contributed by atoms with Crippen molar-refractivity contribution in [1.82, 2.24) is 10.6 Å². The average Bonchev–Trinajstić information content (AvgIpc) is 2.54. The lowest BCUT2D eigenvalue weighted by molar-refractivity contribution is 0.154. The van der Waals surface area contributed by atoms with Crippen LogP contribution in [0.4, 0.5) is 0 Å². The highest BCUT2D eigenvalue weighted by Crippen LogP contribution is 2.17. The van der Waals surface area contributed by atoms with Crippen LogP contribution in [0, 0.1) is 6.92 Å². The van der Waals surface area contributed by atoms with Crippen molar-refractivity contribution in [1.29, 1.82) is 0 Å². The molecule has 1 unspecified atom stereocenters. The van der Waals surface area contributed by atoms with Gasteiger partial charge in [0.2, 0.25) is 0 Å². The molecule has 0 fully saturated rings. The van der Waals surface area contributed by atoms with Crippen molar-refractivity contribution in [2.45, 2.75) is 20.0 Å². The number of halogens is 1. The van der Waals surface area contributed by atoms with E-state index in [0.717, 1.165) is 11.3 Å². The van der Waals surface area contributed by atoms with Gasteiger partial charge in [-0.25, -0.2) is 8.42 Å². The van der Waals surface area contributed by atoms with Gasteiger partial charge in [-0.15, -0.1) is 24.0 Å². The van der Waals surface area contributed by atoms with Crippen LogP contribution in [0.1, 0.15) is 12.5 Å². The van der Waals surface area contributed by atoms with Gasteiger partial charge in [-0.05, 0) is 25.5 Å². The zero-order valence-corrected chi connectivity index (χ0v) is 19.0. The Morgan fingerprint density at radius 1 is 1.23 bits per heavy atom. The van der Waals surface area contributed by atoms with Gasteiger partial charge in [-0.1, -0.05) is 18.2 Å². The third-order valence-electron chi connectivity index (χ3n) is 3.34. The first-order valence-corrected chi connectivity index (χ1v) is 10.3. The molecule has 0 saturated heterocycles. The molecule has 0 aliphatic heterocycles. The largest absolute Gasteiger partial charge is 0.489 e. The Hall–Kier alpha value is -1.07. The Morgan fingerprint density at radius 2 is 1.92 bits per heavy atom. The van der Waals surface area contributed by atoms with Crippen LogP contribution >= 0.6 is 24.0 Å². The number of rotatable bonds is 10. The molecule has 26 heavy (non-hydrogen) atoms. The molecule has 0 amide bonds. The zero-order valence-electron chi connectivity index (χ0n) is 15.8. The van der Waals surface area contributed by atoms with Gasteiger partial charge in [0.05, 0.1) is 25.5 Å². The minimum absolute atomic E-state index is 0. The summed E-state index contributed by atoms with van der Waals surface area (Å²) in [5, 5.41) is 6.29. The van der Waals surface area contributed by atoms with Crippen molar-refractivity contribution in [3.05, 3.63) is 29.8 Å². The molecule has 0 aromatic heterocycles. The lowest BCUT2D eigenvalue weighted by Gasteiger charge is -2.18. The maximum atomic E-state index is 11.0. The van der Waals surface area contributed by atoms with Gasteiger partial charge in [0, 0.05) is 19.8 Å². The highest BCUT2D eigenvalue weighted by Gasteiger charge is 2.07. The van der Waals surface area contributed by atoms with Gasteiger partial charge in [0.15, 0.2) is 5.96 Å². The number of guanidine groups is 1. The Balaban J connectivity index is 0.00000625. The number of nitrogens with zero attached hydrogens (tertiary/aromatic N) is 1.